The van der Waals surface area contributed by atoms with Gasteiger partial charge in [0.25, 0.3) is 0 Å². The van der Waals surface area contributed by atoms with Crippen LogP contribution in [-0.4, -0.2) is 33.3 Å². The fraction of sp³-hybridized carbons (Fsp3) is 0.308. The van der Waals surface area contributed by atoms with Gasteiger partial charge in [-0.2, -0.15) is 5.10 Å². The van der Waals surface area contributed by atoms with Gasteiger partial charge in [-0.15, -0.1) is 0 Å². The zero-order chi connectivity index (χ0) is 13.1. The van der Waals surface area contributed by atoms with Crippen molar-refractivity contribution in [2.75, 3.05) is 11.9 Å². The normalized spacial score (nSPS) is 18.4. The van der Waals surface area contributed by atoms with Crippen LogP contribution in [-0.2, 0) is 4.79 Å². The predicted octanol–water partition coefficient (Wildman–Crippen LogP) is 0.958. The third-order valence-corrected chi connectivity index (χ3v) is 3.20. The van der Waals surface area contributed by atoms with E-state index in [1.165, 1.54) is 6.33 Å². The Morgan fingerprint density at radius 2 is 2.32 bits per heavy atom. The van der Waals surface area contributed by atoms with Crippen molar-refractivity contribution in [3.63, 3.8) is 0 Å². The van der Waals surface area contributed by atoms with Crippen molar-refractivity contribution < 1.29 is 4.79 Å². The van der Waals surface area contributed by atoms with E-state index in [1.807, 2.05) is 24.3 Å². The quantitative estimate of drug-likeness (QED) is 0.859. The number of nitrogens with one attached hydrogen (secondary N) is 2. The molecule has 6 nitrogen and oxygen atoms in total. The van der Waals surface area contributed by atoms with Crippen LogP contribution >= 0.6 is 0 Å². The molecular formula is C13H15N5O. The van der Waals surface area contributed by atoms with E-state index in [1.54, 1.807) is 11.0 Å². The molecule has 1 fully saturated rings. The summed E-state index contributed by atoms with van der Waals surface area (Å²) in [5.74, 6) is 0.00469. The highest BCUT2D eigenvalue weighted by Crippen LogP contribution is 2.19. The number of carbonyl (C=O) groups is 1. The summed E-state index contributed by atoms with van der Waals surface area (Å²) >= 11 is 0. The lowest BCUT2D eigenvalue weighted by molar-refractivity contribution is -0.117. The Hall–Kier alpha value is -2.21. The number of carbonyl (C=O) groups excluding carboxylic acids is 1. The number of anilines is 1. The molecule has 1 aromatic carbocycles. The van der Waals surface area contributed by atoms with Gasteiger partial charge in [0.15, 0.2) is 0 Å². The average Bonchev–Trinajstić information content (AvgIpc) is 3.13. The Balaban J connectivity index is 1.83. The van der Waals surface area contributed by atoms with Crippen molar-refractivity contribution in [3.8, 4) is 5.69 Å². The summed E-state index contributed by atoms with van der Waals surface area (Å²) in [7, 11) is 0. The molecule has 0 bridgehead atoms. The minimum atomic E-state index is -0.0937. The van der Waals surface area contributed by atoms with Gasteiger partial charge in [-0.05, 0) is 31.5 Å². The van der Waals surface area contributed by atoms with Gasteiger partial charge in [0.1, 0.15) is 12.7 Å². The Morgan fingerprint density at radius 3 is 3.05 bits per heavy atom. The van der Waals surface area contributed by atoms with Crippen LogP contribution in [0.5, 0.6) is 0 Å². The van der Waals surface area contributed by atoms with Gasteiger partial charge in [0.2, 0.25) is 5.91 Å². The van der Waals surface area contributed by atoms with Gasteiger partial charge in [0.05, 0.1) is 17.4 Å². The maximum absolute atomic E-state index is 12.1. The van der Waals surface area contributed by atoms with Crippen molar-refractivity contribution in [3.05, 3.63) is 36.9 Å². The molecule has 0 radical (unpaired) electrons. The Labute approximate surface area is 110 Å². The second kappa shape index (κ2) is 5.19. The van der Waals surface area contributed by atoms with Gasteiger partial charge < -0.3 is 10.6 Å². The highest BCUT2D eigenvalue weighted by molar-refractivity contribution is 5.96. The summed E-state index contributed by atoms with van der Waals surface area (Å²) < 4.78 is 1.64. The number of aromatic nitrogens is 3. The summed E-state index contributed by atoms with van der Waals surface area (Å²) in [6.07, 6.45) is 5.01. The van der Waals surface area contributed by atoms with Crippen molar-refractivity contribution in [2.45, 2.75) is 18.9 Å². The molecule has 1 aromatic heterocycles. The highest BCUT2D eigenvalue weighted by Gasteiger charge is 2.22. The topological polar surface area (TPSA) is 71.8 Å². The standard InChI is InChI=1S/C13H15N5O/c19-13(11-5-3-7-15-11)17-10-4-1-2-6-12(10)18-9-14-8-16-18/h1-2,4,6,8-9,11,15H,3,5,7H2,(H,17,19)/t11-/m0/s1. The van der Waals surface area contributed by atoms with Crippen molar-refractivity contribution in [2.24, 2.45) is 0 Å². The van der Waals surface area contributed by atoms with Crippen LogP contribution < -0.4 is 10.6 Å². The minimum Gasteiger partial charge on any atom is -0.323 e. The summed E-state index contributed by atoms with van der Waals surface area (Å²) in [4.78, 5) is 16.0. The van der Waals surface area contributed by atoms with E-state index < -0.39 is 0 Å². The average molecular weight is 257 g/mol. The van der Waals surface area contributed by atoms with Gasteiger partial charge in [0, 0.05) is 0 Å². The van der Waals surface area contributed by atoms with E-state index in [2.05, 4.69) is 20.7 Å². The molecule has 98 valence electrons. The van der Waals surface area contributed by atoms with Crippen LogP contribution in [0.2, 0.25) is 0 Å². The molecule has 0 spiro atoms. The summed E-state index contributed by atoms with van der Waals surface area (Å²) in [6, 6.07) is 7.46. The first-order valence-electron chi connectivity index (χ1n) is 6.33. The van der Waals surface area contributed by atoms with Crippen LogP contribution in [0.25, 0.3) is 5.69 Å². The molecule has 2 N–H and O–H groups in total. The number of hydrogen-bond acceptors (Lipinski definition) is 4. The van der Waals surface area contributed by atoms with Crippen LogP contribution in [0.3, 0.4) is 0 Å². The lowest BCUT2D eigenvalue weighted by atomic mass is 10.2. The molecule has 6 heteroatoms. The lowest BCUT2D eigenvalue weighted by Gasteiger charge is -2.14. The van der Waals surface area contributed by atoms with E-state index in [0.29, 0.717) is 0 Å². The van der Waals surface area contributed by atoms with E-state index in [-0.39, 0.29) is 11.9 Å². The Bertz CT molecular complexity index is 560. The molecular weight excluding hydrogens is 242 g/mol. The van der Waals surface area contributed by atoms with E-state index in [9.17, 15) is 4.79 Å². The van der Waals surface area contributed by atoms with Crippen LogP contribution in [0, 0.1) is 0 Å². The smallest absolute Gasteiger partial charge is 0.241 e. The summed E-state index contributed by atoms with van der Waals surface area (Å²) in [6.45, 7) is 0.906. The molecule has 2 heterocycles. The maximum Gasteiger partial charge on any atom is 0.241 e. The largest absolute Gasteiger partial charge is 0.323 e. The predicted molar refractivity (Wildman–Crippen MR) is 71.0 cm³/mol. The zero-order valence-electron chi connectivity index (χ0n) is 10.4. The molecule has 1 atom stereocenters. The highest BCUT2D eigenvalue weighted by atomic mass is 16.2. The summed E-state index contributed by atoms with van der Waals surface area (Å²) in [5, 5.41) is 10.2. The molecule has 1 aliphatic heterocycles. The number of benzene rings is 1. The monoisotopic (exact) mass is 257 g/mol. The second-order valence-electron chi connectivity index (χ2n) is 4.50. The van der Waals surface area contributed by atoms with Crippen LogP contribution in [0.15, 0.2) is 36.9 Å². The number of nitrogens with zero attached hydrogens (tertiary/aromatic N) is 3. The zero-order valence-corrected chi connectivity index (χ0v) is 10.4. The second-order valence-corrected chi connectivity index (χ2v) is 4.50. The van der Waals surface area contributed by atoms with Crippen molar-refractivity contribution in [1.82, 2.24) is 20.1 Å². The fourth-order valence-electron chi connectivity index (χ4n) is 2.24. The lowest BCUT2D eigenvalue weighted by Crippen LogP contribution is -2.35. The fourth-order valence-corrected chi connectivity index (χ4v) is 2.24. The number of para-hydroxylation sites is 2. The van der Waals surface area contributed by atoms with Crippen molar-refractivity contribution in [1.29, 1.82) is 0 Å². The van der Waals surface area contributed by atoms with Gasteiger partial charge in [-0.25, -0.2) is 9.67 Å². The molecule has 1 saturated heterocycles. The van der Waals surface area contributed by atoms with Gasteiger partial charge >= 0.3 is 0 Å². The molecule has 1 aliphatic rings. The molecule has 0 unspecified atom stereocenters. The van der Waals surface area contributed by atoms with E-state index >= 15 is 0 Å². The Kier molecular flexibility index (Phi) is 3.24. The first-order valence-corrected chi connectivity index (χ1v) is 6.33. The molecule has 19 heavy (non-hydrogen) atoms. The first kappa shape index (κ1) is 11.9. The molecule has 1 amide bonds. The molecule has 0 aliphatic carbocycles. The first-order chi connectivity index (χ1) is 9.34. The Morgan fingerprint density at radius 1 is 1.42 bits per heavy atom. The van der Waals surface area contributed by atoms with Crippen molar-refractivity contribution >= 4 is 11.6 Å². The van der Waals surface area contributed by atoms with Gasteiger partial charge in [-0.3, -0.25) is 4.79 Å². The van der Waals surface area contributed by atoms with Crippen LogP contribution in [0.4, 0.5) is 5.69 Å². The third kappa shape index (κ3) is 2.48. The summed E-state index contributed by atoms with van der Waals surface area (Å²) in [5.41, 5.74) is 1.55. The number of rotatable bonds is 3. The number of hydrogen-bond donors (Lipinski definition) is 2. The third-order valence-electron chi connectivity index (χ3n) is 3.20. The van der Waals surface area contributed by atoms with Gasteiger partial charge in [-0.1, -0.05) is 12.1 Å². The number of amides is 1. The van der Waals surface area contributed by atoms with Crippen LogP contribution in [0.1, 0.15) is 12.8 Å². The molecule has 3 rings (SSSR count). The molecule has 0 saturated carbocycles. The van der Waals surface area contributed by atoms with E-state index in [0.717, 1.165) is 30.8 Å². The maximum atomic E-state index is 12.1. The minimum absolute atomic E-state index is 0.00469. The molecule has 2 aromatic rings. The SMILES string of the molecule is O=C(Nc1ccccc1-n1cncn1)[C@@H]1CCCN1. The van der Waals surface area contributed by atoms with E-state index in [4.69, 9.17) is 0 Å².